The summed E-state index contributed by atoms with van der Waals surface area (Å²) in [5.41, 5.74) is 10.8. The smallest absolute Gasteiger partial charge is 0.181 e. The molecule has 0 amide bonds. The molecule has 5 heteroatoms. The van der Waals surface area contributed by atoms with Crippen LogP contribution in [0.4, 0.5) is 16.5 Å². The molecule has 0 radical (unpaired) electrons. The first-order valence-corrected chi connectivity index (χ1v) is 8.80. The number of nitrogens with one attached hydrogen (secondary N) is 1. The lowest BCUT2D eigenvalue weighted by molar-refractivity contribution is 1.48. The second-order valence-corrected chi connectivity index (χ2v) is 6.94. The third kappa shape index (κ3) is 2.37. The van der Waals surface area contributed by atoms with E-state index in [1.807, 2.05) is 48.5 Å². The number of hydrogen-bond donors (Lipinski definition) is 2. The number of rotatable bonds is 2. The van der Waals surface area contributed by atoms with Gasteiger partial charge >= 0.3 is 0 Å². The molecule has 0 aliphatic heterocycles. The number of nitrogens with zero attached hydrogens (tertiary/aromatic N) is 2. The summed E-state index contributed by atoms with van der Waals surface area (Å²) >= 11 is 1.50. The van der Waals surface area contributed by atoms with E-state index in [0.29, 0.717) is 5.13 Å². The van der Waals surface area contributed by atoms with E-state index in [0.717, 1.165) is 43.4 Å². The molecule has 5 rings (SSSR count). The van der Waals surface area contributed by atoms with Gasteiger partial charge in [-0.05, 0) is 30.3 Å². The highest BCUT2D eigenvalue weighted by molar-refractivity contribution is 7.22. The van der Waals surface area contributed by atoms with E-state index in [1.54, 1.807) is 0 Å². The average Bonchev–Trinajstić information content (AvgIpc) is 3.01. The van der Waals surface area contributed by atoms with Gasteiger partial charge in [-0.15, -0.1) is 0 Å². The minimum atomic E-state index is 0.590. The minimum absolute atomic E-state index is 0.590. The van der Waals surface area contributed by atoms with E-state index in [4.69, 9.17) is 10.7 Å². The molecule has 0 bridgehead atoms. The zero-order valence-electron chi connectivity index (χ0n) is 13.2. The maximum atomic E-state index is 5.82. The summed E-state index contributed by atoms with van der Waals surface area (Å²) in [6.07, 6.45) is 0. The predicted molar refractivity (Wildman–Crippen MR) is 107 cm³/mol. The quantitative estimate of drug-likeness (QED) is 0.426. The van der Waals surface area contributed by atoms with Crippen molar-refractivity contribution in [3.05, 3.63) is 66.7 Å². The van der Waals surface area contributed by atoms with E-state index in [2.05, 4.69) is 28.5 Å². The maximum Gasteiger partial charge on any atom is 0.181 e. The SMILES string of the molecule is Nc1nc2ccc(Nc3c4ccccc4nc4ccccc34)cc2s1. The van der Waals surface area contributed by atoms with Crippen LogP contribution in [0.1, 0.15) is 0 Å². The molecule has 0 saturated carbocycles. The van der Waals surface area contributed by atoms with Crippen LogP contribution in [-0.2, 0) is 0 Å². The number of para-hydroxylation sites is 2. The molecule has 5 aromatic rings. The highest BCUT2D eigenvalue weighted by Crippen LogP contribution is 2.34. The number of thiazole rings is 1. The van der Waals surface area contributed by atoms with Gasteiger partial charge in [0.2, 0.25) is 0 Å². The van der Waals surface area contributed by atoms with Crippen molar-refractivity contribution in [1.29, 1.82) is 0 Å². The van der Waals surface area contributed by atoms with Crippen LogP contribution in [0.5, 0.6) is 0 Å². The number of hydrogen-bond acceptors (Lipinski definition) is 5. The Morgan fingerprint density at radius 2 is 1.44 bits per heavy atom. The van der Waals surface area contributed by atoms with Crippen molar-refractivity contribution in [1.82, 2.24) is 9.97 Å². The number of aromatic nitrogens is 2. The Balaban J connectivity index is 1.74. The summed E-state index contributed by atoms with van der Waals surface area (Å²) in [7, 11) is 0. The van der Waals surface area contributed by atoms with Gasteiger partial charge in [-0.3, -0.25) is 0 Å². The predicted octanol–water partition coefficient (Wildman–Crippen LogP) is 5.32. The molecule has 0 atom stereocenters. The molecule has 4 nitrogen and oxygen atoms in total. The Morgan fingerprint density at radius 3 is 2.16 bits per heavy atom. The van der Waals surface area contributed by atoms with Crippen LogP contribution in [0.2, 0.25) is 0 Å². The Morgan fingerprint density at radius 1 is 0.760 bits per heavy atom. The molecule has 0 aliphatic rings. The Hall–Kier alpha value is -3.18. The highest BCUT2D eigenvalue weighted by Gasteiger charge is 2.10. The van der Waals surface area contributed by atoms with Crippen LogP contribution in [0.3, 0.4) is 0 Å². The summed E-state index contributed by atoms with van der Waals surface area (Å²) in [5.74, 6) is 0. The average molecular weight is 342 g/mol. The maximum absolute atomic E-state index is 5.82. The van der Waals surface area contributed by atoms with Crippen molar-refractivity contribution in [2.45, 2.75) is 0 Å². The van der Waals surface area contributed by atoms with Gasteiger partial charge in [0.25, 0.3) is 0 Å². The van der Waals surface area contributed by atoms with Gasteiger partial charge in [0, 0.05) is 16.5 Å². The molecule has 120 valence electrons. The highest BCUT2D eigenvalue weighted by atomic mass is 32.1. The zero-order valence-corrected chi connectivity index (χ0v) is 14.0. The van der Waals surface area contributed by atoms with E-state index in [9.17, 15) is 0 Å². The lowest BCUT2D eigenvalue weighted by Gasteiger charge is -2.13. The second-order valence-electron chi connectivity index (χ2n) is 5.88. The van der Waals surface area contributed by atoms with Crippen molar-refractivity contribution >= 4 is 59.9 Å². The van der Waals surface area contributed by atoms with Crippen LogP contribution in [-0.4, -0.2) is 9.97 Å². The fourth-order valence-corrected chi connectivity index (χ4v) is 3.91. The van der Waals surface area contributed by atoms with Crippen LogP contribution in [0.15, 0.2) is 66.7 Å². The van der Waals surface area contributed by atoms with Gasteiger partial charge in [0.15, 0.2) is 5.13 Å². The molecule has 0 aliphatic carbocycles. The summed E-state index contributed by atoms with van der Waals surface area (Å²) < 4.78 is 1.07. The third-order valence-corrected chi connectivity index (χ3v) is 5.11. The molecule has 3 aromatic carbocycles. The number of nitrogens with two attached hydrogens (primary N) is 1. The standard InChI is InChI=1S/C20H14N4S/c21-20-24-17-10-9-12(11-18(17)25-20)22-19-13-5-1-3-7-15(13)23-16-8-4-2-6-14(16)19/h1-11H,(H2,21,24)(H,22,23). The zero-order chi connectivity index (χ0) is 16.8. The Bertz CT molecular complexity index is 1190. The first kappa shape index (κ1) is 14.2. The fraction of sp³-hybridized carbons (Fsp3) is 0. The van der Waals surface area contributed by atoms with E-state index in [1.165, 1.54) is 11.3 Å². The number of anilines is 3. The molecule has 0 spiro atoms. The first-order valence-electron chi connectivity index (χ1n) is 7.98. The van der Waals surface area contributed by atoms with Gasteiger partial charge in [-0.2, -0.15) is 0 Å². The van der Waals surface area contributed by atoms with E-state index < -0.39 is 0 Å². The first-order chi connectivity index (χ1) is 12.3. The number of benzene rings is 3. The van der Waals surface area contributed by atoms with Crippen molar-refractivity contribution < 1.29 is 0 Å². The summed E-state index contributed by atoms with van der Waals surface area (Å²) in [5, 5.41) is 6.38. The third-order valence-electron chi connectivity index (χ3n) is 4.26. The fourth-order valence-electron chi connectivity index (χ4n) is 3.14. The van der Waals surface area contributed by atoms with Crippen LogP contribution >= 0.6 is 11.3 Å². The van der Waals surface area contributed by atoms with Crippen LogP contribution in [0.25, 0.3) is 32.0 Å². The lowest BCUT2D eigenvalue weighted by atomic mass is 10.1. The van der Waals surface area contributed by atoms with Gasteiger partial charge in [0.05, 0.1) is 26.9 Å². The summed E-state index contributed by atoms with van der Waals surface area (Å²) in [4.78, 5) is 9.09. The number of pyridine rings is 1. The molecule has 0 unspecified atom stereocenters. The van der Waals surface area contributed by atoms with Crippen molar-refractivity contribution in [2.75, 3.05) is 11.1 Å². The van der Waals surface area contributed by atoms with Crippen LogP contribution in [0, 0.1) is 0 Å². The topological polar surface area (TPSA) is 63.8 Å². The molecule has 2 aromatic heterocycles. The monoisotopic (exact) mass is 342 g/mol. The normalized spacial score (nSPS) is 11.4. The minimum Gasteiger partial charge on any atom is -0.375 e. The largest absolute Gasteiger partial charge is 0.375 e. The lowest BCUT2D eigenvalue weighted by Crippen LogP contribution is -1.95. The van der Waals surface area contributed by atoms with Gasteiger partial charge in [-0.1, -0.05) is 47.7 Å². The van der Waals surface area contributed by atoms with Crippen LogP contribution < -0.4 is 11.1 Å². The summed E-state index contributed by atoms with van der Waals surface area (Å²) in [6.45, 7) is 0. The number of nitrogen functional groups attached to an aromatic ring is 1. The van der Waals surface area contributed by atoms with Gasteiger partial charge in [0.1, 0.15) is 0 Å². The van der Waals surface area contributed by atoms with Crippen molar-refractivity contribution in [3.63, 3.8) is 0 Å². The molecular formula is C20H14N4S. The van der Waals surface area contributed by atoms with Crippen molar-refractivity contribution in [3.8, 4) is 0 Å². The molecule has 2 heterocycles. The molecule has 0 saturated heterocycles. The van der Waals surface area contributed by atoms with Crippen molar-refractivity contribution in [2.24, 2.45) is 0 Å². The molecule has 25 heavy (non-hydrogen) atoms. The van der Waals surface area contributed by atoms with E-state index in [-0.39, 0.29) is 0 Å². The summed E-state index contributed by atoms with van der Waals surface area (Å²) in [6, 6.07) is 22.5. The van der Waals surface area contributed by atoms with E-state index >= 15 is 0 Å². The number of fused-ring (bicyclic) bond motifs is 3. The second kappa shape index (κ2) is 5.43. The molecular weight excluding hydrogens is 328 g/mol. The molecule has 0 fully saturated rings. The Kier molecular flexibility index (Phi) is 3.08. The van der Waals surface area contributed by atoms with Gasteiger partial charge < -0.3 is 11.1 Å². The van der Waals surface area contributed by atoms with Gasteiger partial charge in [-0.25, -0.2) is 9.97 Å². The molecule has 3 N–H and O–H groups in total. The Labute approximate surface area is 148 Å².